The minimum Gasteiger partial charge on any atom is -0.445 e. The Bertz CT molecular complexity index is 1240. The fourth-order valence-electron chi connectivity index (χ4n) is 5.58. The van der Waals surface area contributed by atoms with E-state index in [1.807, 2.05) is 67.8 Å². The number of amides is 5. The molecule has 226 valence electrons. The summed E-state index contributed by atoms with van der Waals surface area (Å²) in [7, 11) is 0. The van der Waals surface area contributed by atoms with Crippen molar-refractivity contribution in [3.8, 4) is 0 Å². The Morgan fingerprint density at radius 2 is 1.76 bits per heavy atom. The number of hydrogen-bond acceptors (Lipinski definition) is 6. The summed E-state index contributed by atoms with van der Waals surface area (Å²) >= 11 is 1.56. The molecular formula is C31H41N5O5S. The number of thioether (sulfide) groups is 1. The van der Waals surface area contributed by atoms with E-state index in [0.29, 0.717) is 58.3 Å². The highest BCUT2D eigenvalue weighted by Gasteiger charge is 2.53. The molecule has 2 aromatic rings. The SMILES string of the molecule is CCCN1C(=O)[C@H](CCCCNC(=O)OCc2ccccc2)NC(=O)C12CCN(C(=O)Nc1ccccc1SC)CC2. The molecule has 0 aliphatic carbocycles. The quantitative estimate of drug-likeness (QED) is 0.258. The Morgan fingerprint density at radius 3 is 2.48 bits per heavy atom. The molecule has 2 aliphatic heterocycles. The first-order valence-corrected chi connectivity index (χ1v) is 15.9. The summed E-state index contributed by atoms with van der Waals surface area (Å²) < 4.78 is 5.23. The molecule has 0 radical (unpaired) electrons. The van der Waals surface area contributed by atoms with Gasteiger partial charge >= 0.3 is 12.1 Å². The van der Waals surface area contributed by atoms with E-state index in [0.717, 1.165) is 22.6 Å². The highest BCUT2D eigenvalue weighted by atomic mass is 32.2. The van der Waals surface area contributed by atoms with Crippen LogP contribution in [0.5, 0.6) is 0 Å². The molecule has 1 atom stereocenters. The second-order valence-electron chi connectivity index (χ2n) is 10.6. The van der Waals surface area contributed by atoms with Gasteiger partial charge in [0.2, 0.25) is 11.8 Å². The maximum atomic E-state index is 13.6. The molecule has 10 nitrogen and oxygen atoms in total. The predicted octanol–water partition coefficient (Wildman–Crippen LogP) is 4.61. The summed E-state index contributed by atoms with van der Waals surface area (Å²) in [6, 6.07) is 16.3. The third-order valence-electron chi connectivity index (χ3n) is 7.88. The zero-order chi connectivity index (χ0) is 30.0. The molecule has 2 fully saturated rings. The lowest BCUT2D eigenvalue weighted by atomic mass is 9.81. The van der Waals surface area contributed by atoms with Crippen molar-refractivity contribution in [2.45, 2.75) is 68.5 Å². The zero-order valence-corrected chi connectivity index (χ0v) is 25.2. The third-order valence-corrected chi connectivity index (χ3v) is 8.68. The van der Waals surface area contributed by atoms with Crippen molar-refractivity contribution in [3.63, 3.8) is 0 Å². The van der Waals surface area contributed by atoms with Crippen molar-refractivity contribution in [3.05, 3.63) is 60.2 Å². The number of anilines is 1. The van der Waals surface area contributed by atoms with Gasteiger partial charge in [0.15, 0.2) is 0 Å². The standard InChI is InChI=1S/C31H41N5O5S/c1-3-19-36-27(37)25(14-9-10-18-32-30(40)41-22-23-11-5-4-6-12-23)33-28(38)31(36)16-20-35(21-17-31)29(39)34-24-13-7-8-15-26(24)42-2/h4-8,11-13,15,25H,3,9-10,14,16-22H2,1-2H3,(H,32,40)(H,33,38)(H,34,39)/t25-/m0/s1. The maximum Gasteiger partial charge on any atom is 0.407 e. The van der Waals surface area contributed by atoms with E-state index in [1.54, 1.807) is 21.6 Å². The highest BCUT2D eigenvalue weighted by molar-refractivity contribution is 7.98. The van der Waals surface area contributed by atoms with Crippen LogP contribution in [-0.4, -0.2) is 77.8 Å². The second-order valence-corrected chi connectivity index (χ2v) is 11.5. The molecule has 5 amide bonds. The molecule has 3 N–H and O–H groups in total. The average molecular weight is 596 g/mol. The van der Waals surface area contributed by atoms with Crippen LogP contribution in [0.4, 0.5) is 15.3 Å². The smallest absolute Gasteiger partial charge is 0.407 e. The normalized spacial score (nSPS) is 18.0. The van der Waals surface area contributed by atoms with E-state index in [1.165, 1.54) is 0 Å². The lowest BCUT2D eigenvalue weighted by molar-refractivity contribution is -0.160. The summed E-state index contributed by atoms with van der Waals surface area (Å²) in [6.45, 7) is 3.88. The number of para-hydroxylation sites is 1. The van der Waals surface area contributed by atoms with Gasteiger partial charge in [-0.05, 0) is 62.5 Å². The average Bonchev–Trinajstić information content (AvgIpc) is 3.01. The topological polar surface area (TPSA) is 120 Å². The Kier molecular flexibility index (Phi) is 11.1. The first-order valence-electron chi connectivity index (χ1n) is 14.6. The van der Waals surface area contributed by atoms with Crippen molar-refractivity contribution >= 4 is 41.4 Å². The molecule has 0 aromatic heterocycles. The molecular weight excluding hydrogens is 554 g/mol. The fraction of sp³-hybridized carbons (Fsp3) is 0.484. The molecule has 2 heterocycles. The van der Waals surface area contributed by atoms with E-state index in [9.17, 15) is 19.2 Å². The Morgan fingerprint density at radius 1 is 1.05 bits per heavy atom. The van der Waals surface area contributed by atoms with Gasteiger partial charge in [-0.2, -0.15) is 0 Å². The number of piperidine rings is 1. The lowest BCUT2D eigenvalue weighted by Crippen LogP contribution is -2.73. The summed E-state index contributed by atoms with van der Waals surface area (Å²) in [5.41, 5.74) is 0.733. The Hall–Kier alpha value is -3.73. The van der Waals surface area contributed by atoms with Gasteiger partial charge in [0.05, 0.1) is 5.69 Å². The minimum atomic E-state index is -0.943. The van der Waals surface area contributed by atoms with Gasteiger partial charge in [0, 0.05) is 31.1 Å². The number of piperazine rings is 1. The van der Waals surface area contributed by atoms with Crippen LogP contribution >= 0.6 is 11.8 Å². The van der Waals surface area contributed by atoms with Crippen LogP contribution in [0.15, 0.2) is 59.5 Å². The molecule has 2 aromatic carbocycles. The molecule has 2 aliphatic rings. The van der Waals surface area contributed by atoms with Gasteiger partial charge < -0.3 is 30.5 Å². The van der Waals surface area contributed by atoms with Gasteiger partial charge in [-0.1, -0.05) is 49.4 Å². The lowest BCUT2D eigenvalue weighted by Gasteiger charge is -2.51. The summed E-state index contributed by atoms with van der Waals surface area (Å²) in [5.74, 6) is -0.213. The summed E-state index contributed by atoms with van der Waals surface area (Å²) in [5, 5.41) is 8.72. The van der Waals surface area contributed by atoms with Gasteiger partial charge in [-0.25, -0.2) is 9.59 Å². The van der Waals surface area contributed by atoms with Gasteiger partial charge in [0.25, 0.3) is 0 Å². The molecule has 0 saturated carbocycles. The number of likely N-dealkylation sites (tertiary alicyclic amines) is 1. The van der Waals surface area contributed by atoms with Crippen molar-refractivity contribution < 1.29 is 23.9 Å². The largest absolute Gasteiger partial charge is 0.445 e. The van der Waals surface area contributed by atoms with E-state index in [4.69, 9.17) is 4.74 Å². The molecule has 4 rings (SSSR count). The minimum absolute atomic E-state index is 0.0709. The number of benzene rings is 2. The van der Waals surface area contributed by atoms with E-state index in [2.05, 4.69) is 16.0 Å². The second kappa shape index (κ2) is 14.9. The summed E-state index contributed by atoms with van der Waals surface area (Å²) in [4.78, 5) is 56.6. The van der Waals surface area contributed by atoms with E-state index in [-0.39, 0.29) is 24.5 Å². The molecule has 11 heteroatoms. The number of carbonyl (C=O) groups is 4. The van der Waals surface area contributed by atoms with Crippen molar-refractivity contribution in [2.75, 3.05) is 37.8 Å². The molecule has 1 spiro atoms. The number of hydrogen-bond donors (Lipinski definition) is 3. The van der Waals surface area contributed by atoms with Crippen LogP contribution in [-0.2, 0) is 20.9 Å². The predicted molar refractivity (Wildman–Crippen MR) is 163 cm³/mol. The van der Waals surface area contributed by atoms with Crippen molar-refractivity contribution in [2.24, 2.45) is 0 Å². The molecule has 42 heavy (non-hydrogen) atoms. The van der Waals surface area contributed by atoms with Crippen LogP contribution in [0, 0.1) is 0 Å². The van der Waals surface area contributed by atoms with Gasteiger partial charge in [0.1, 0.15) is 18.2 Å². The third kappa shape index (κ3) is 7.56. The first-order chi connectivity index (χ1) is 20.4. The maximum absolute atomic E-state index is 13.6. The van der Waals surface area contributed by atoms with Crippen molar-refractivity contribution in [1.82, 2.24) is 20.4 Å². The van der Waals surface area contributed by atoms with Crippen molar-refractivity contribution in [1.29, 1.82) is 0 Å². The molecule has 2 saturated heterocycles. The number of carbonyl (C=O) groups excluding carboxylic acids is 4. The number of ether oxygens (including phenoxy) is 1. The summed E-state index contributed by atoms with van der Waals surface area (Å²) in [6.07, 6.45) is 4.81. The number of nitrogens with zero attached hydrogens (tertiary/aromatic N) is 2. The van der Waals surface area contributed by atoms with E-state index < -0.39 is 17.7 Å². The van der Waals surface area contributed by atoms with Gasteiger partial charge in [-0.15, -0.1) is 11.8 Å². The van der Waals surface area contributed by atoms with E-state index >= 15 is 0 Å². The Labute approximate surface area is 251 Å². The number of unbranched alkanes of at least 4 members (excludes halogenated alkanes) is 1. The fourth-order valence-corrected chi connectivity index (χ4v) is 6.13. The van der Waals surface area contributed by atoms with Gasteiger partial charge in [-0.3, -0.25) is 9.59 Å². The monoisotopic (exact) mass is 595 g/mol. The van der Waals surface area contributed by atoms with Crippen LogP contribution < -0.4 is 16.0 Å². The molecule has 0 unspecified atom stereocenters. The number of rotatable bonds is 11. The van der Waals surface area contributed by atoms with Crippen LogP contribution in [0.3, 0.4) is 0 Å². The number of nitrogens with one attached hydrogen (secondary N) is 3. The number of alkyl carbamates (subject to hydrolysis) is 1. The first kappa shape index (κ1) is 31.2. The Balaban J connectivity index is 1.25. The number of urea groups is 1. The van der Waals surface area contributed by atoms with Crippen LogP contribution in [0.2, 0.25) is 0 Å². The zero-order valence-electron chi connectivity index (χ0n) is 24.4. The van der Waals surface area contributed by atoms with Crippen LogP contribution in [0.25, 0.3) is 0 Å². The van der Waals surface area contributed by atoms with Crippen LogP contribution in [0.1, 0.15) is 51.0 Å². The highest BCUT2D eigenvalue weighted by Crippen LogP contribution is 2.34. The molecule has 0 bridgehead atoms.